The fourth-order valence-electron chi connectivity index (χ4n) is 4.82. The third-order valence-corrected chi connectivity index (χ3v) is 6.78. The average Bonchev–Trinajstić information content (AvgIpc) is 3.46. The second kappa shape index (κ2) is 10.7. The summed E-state index contributed by atoms with van der Waals surface area (Å²) < 4.78 is 5.42. The summed E-state index contributed by atoms with van der Waals surface area (Å²) in [6.45, 7) is 0. The number of carbonyl (C=O) groups excluding carboxylic acids is 1. The highest BCUT2D eigenvalue weighted by molar-refractivity contribution is 6.03. The summed E-state index contributed by atoms with van der Waals surface area (Å²) in [6.07, 6.45) is 8.17. The molecule has 2 heterocycles. The predicted octanol–water partition coefficient (Wildman–Crippen LogP) is 6.42. The van der Waals surface area contributed by atoms with E-state index in [2.05, 4.69) is 27.3 Å². The highest BCUT2D eigenvalue weighted by atomic mass is 16.3. The minimum absolute atomic E-state index is 0.0179. The van der Waals surface area contributed by atoms with Crippen LogP contribution < -0.4 is 20.9 Å². The summed E-state index contributed by atoms with van der Waals surface area (Å²) in [5, 5.41) is 3.07. The van der Waals surface area contributed by atoms with Crippen molar-refractivity contribution < 1.29 is 9.21 Å². The van der Waals surface area contributed by atoms with Gasteiger partial charge in [-0.1, -0.05) is 43.5 Å². The van der Waals surface area contributed by atoms with Crippen LogP contribution in [-0.2, 0) is 0 Å². The van der Waals surface area contributed by atoms with Crippen molar-refractivity contribution in [3.05, 3.63) is 73.3 Å². The van der Waals surface area contributed by atoms with E-state index in [1.54, 1.807) is 11.1 Å². The van der Waals surface area contributed by atoms with Gasteiger partial charge in [0.1, 0.15) is 0 Å². The molecule has 5 rings (SSSR count). The second-order valence-electron chi connectivity index (χ2n) is 9.59. The molecule has 0 atom stereocenters. The number of oxazole rings is 1. The number of benzene rings is 2. The number of pyridine rings is 1. The van der Waals surface area contributed by atoms with Gasteiger partial charge in [0.05, 0.1) is 17.6 Å². The van der Waals surface area contributed by atoms with Gasteiger partial charge in [0.2, 0.25) is 0 Å². The fraction of sp³-hybridized carbons (Fsp3) is 0.276. The van der Waals surface area contributed by atoms with Gasteiger partial charge in [0, 0.05) is 42.6 Å². The first-order valence-corrected chi connectivity index (χ1v) is 12.6. The zero-order valence-corrected chi connectivity index (χ0v) is 21.2. The van der Waals surface area contributed by atoms with E-state index in [0.29, 0.717) is 23.0 Å². The Labute approximate surface area is 217 Å². The van der Waals surface area contributed by atoms with Crippen molar-refractivity contribution in [2.75, 3.05) is 34.9 Å². The van der Waals surface area contributed by atoms with Gasteiger partial charge >= 0.3 is 6.03 Å². The lowest BCUT2D eigenvalue weighted by atomic mass is 9.94. The first-order chi connectivity index (χ1) is 18.0. The van der Waals surface area contributed by atoms with Crippen LogP contribution in [0.5, 0.6) is 0 Å². The van der Waals surface area contributed by atoms with Crippen LogP contribution in [0.15, 0.2) is 77.7 Å². The molecule has 1 fully saturated rings. The number of rotatable bonds is 6. The van der Waals surface area contributed by atoms with Crippen LogP contribution >= 0.6 is 0 Å². The normalized spacial score (nSPS) is 13.8. The fourth-order valence-corrected chi connectivity index (χ4v) is 4.82. The Hall–Kier alpha value is -4.33. The van der Waals surface area contributed by atoms with E-state index in [0.717, 1.165) is 48.2 Å². The lowest BCUT2D eigenvalue weighted by molar-refractivity contribution is 0.252. The summed E-state index contributed by atoms with van der Waals surface area (Å²) in [4.78, 5) is 26.6. The van der Waals surface area contributed by atoms with Crippen molar-refractivity contribution >= 4 is 28.9 Å². The van der Waals surface area contributed by atoms with Crippen LogP contribution in [0.2, 0.25) is 0 Å². The maximum Gasteiger partial charge on any atom is 0.327 e. The molecule has 2 amide bonds. The molecule has 1 saturated carbocycles. The molecule has 0 spiro atoms. The molecule has 1 aliphatic rings. The minimum Gasteiger partial charge on any atom is -0.444 e. The van der Waals surface area contributed by atoms with Crippen LogP contribution in [0.3, 0.4) is 0 Å². The molecule has 1 aliphatic carbocycles. The van der Waals surface area contributed by atoms with E-state index >= 15 is 0 Å². The van der Waals surface area contributed by atoms with E-state index in [1.807, 2.05) is 62.6 Å². The van der Waals surface area contributed by atoms with Crippen LogP contribution in [0.25, 0.3) is 22.6 Å². The molecule has 190 valence electrons. The van der Waals surface area contributed by atoms with E-state index in [4.69, 9.17) is 15.1 Å². The zero-order chi connectivity index (χ0) is 25.8. The molecule has 2 aromatic carbocycles. The Morgan fingerprint density at radius 1 is 1.00 bits per heavy atom. The maximum absolute atomic E-state index is 13.8. The Morgan fingerprint density at radius 2 is 1.78 bits per heavy atom. The summed E-state index contributed by atoms with van der Waals surface area (Å²) in [7, 11) is 4.01. The van der Waals surface area contributed by atoms with Crippen molar-refractivity contribution in [1.29, 1.82) is 0 Å². The highest BCUT2D eigenvalue weighted by Gasteiger charge is 2.30. The molecule has 0 aliphatic heterocycles. The third kappa shape index (κ3) is 5.43. The van der Waals surface area contributed by atoms with Gasteiger partial charge < -0.3 is 20.4 Å². The Morgan fingerprint density at radius 3 is 2.54 bits per heavy atom. The summed E-state index contributed by atoms with van der Waals surface area (Å²) in [6, 6.07) is 19.2. The first kappa shape index (κ1) is 24.4. The van der Waals surface area contributed by atoms with Gasteiger partial charge in [-0.2, -0.15) is 0 Å². The number of carbonyl (C=O) groups is 1. The van der Waals surface area contributed by atoms with Crippen molar-refractivity contribution in [2.45, 2.75) is 38.1 Å². The number of nitrogen functional groups attached to an aromatic ring is 1. The number of aromatic nitrogens is 2. The topological polar surface area (TPSA) is 101 Å². The number of hydrogen-bond acceptors (Lipinski definition) is 6. The molecular formula is C29H32N6O2. The van der Waals surface area contributed by atoms with E-state index in [9.17, 15) is 4.79 Å². The van der Waals surface area contributed by atoms with Gasteiger partial charge in [-0.25, -0.2) is 14.8 Å². The number of urea groups is 1. The molecule has 2 aromatic heterocycles. The standard InChI is InChI=1S/C29H32N6O2/c1-34(2)24-13-7-8-20(17-24)26-15-14-25(30)28(33-26)35(23-11-4-3-5-12-23)29(36)32-22-10-6-9-21(16-22)27-18-31-19-37-27/h6-10,13-19,23H,3-5,11-12,30H2,1-2H3,(H,32,36). The average molecular weight is 497 g/mol. The molecule has 8 nitrogen and oxygen atoms in total. The van der Waals surface area contributed by atoms with Crippen molar-refractivity contribution in [3.63, 3.8) is 0 Å². The summed E-state index contributed by atoms with van der Waals surface area (Å²) in [5.41, 5.74) is 11.2. The van der Waals surface area contributed by atoms with Crippen molar-refractivity contribution in [2.24, 2.45) is 0 Å². The number of nitrogens with zero attached hydrogens (tertiary/aromatic N) is 4. The number of amides is 2. The molecule has 8 heteroatoms. The number of hydrogen-bond donors (Lipinski definition) is 2. The van der Waals surface area contributed by atoms with Crippen LogP contribution in [-0.4, -0.2) is 36.1 Å². The Balaban J connectivity index is 1.49. The van der Waals surface area contributed by atoms with Gasteiger partial charge in [0.15, 0.2) is 18.0 Å². The molecule has 3 N–H and O–H groups in total. The van der Waals surface area contributed by atoms with Gasteiger partial charge in [-0.3, -0.25) is 4.90 Å². The van der Waals surface area contributed by atoms with Crippen LogP contribution in [0.4, 0.5) is 27.7 Å². The Kier molecular flexibility index (Phi) is 7.07. The molecule has 0 bridgehead atoms. The minimum atomic E-state index is -0.250. The third-order valence-electron chi connectivity index (χ3n) is 6.78. The monoisotopic (exact) mass is 496 g/mol. The lowest BCUT2D eigenvalue weighted by Gasteiger charge is -2.34. The molecular weight excluding hydrogens is 464 g/mol. The second-order valence-corrected chi connectivity index (χ2v) is 9.59. The summed E-state index contributed by atoms with van der Waals surface area (Å²) >= 11 is 0. The molecule has 0 saturated heterocycles. The number of nitrogens with two attached hydrogens (primary N) is 1. The van der Waals surface area contributed by atoms with Gasteiger partial charge in [-0.15, -0.1) is 0 Å². The first-order valence-electron chi connectivity index (χ1n) is 12.6. The smallest absolute Gasteiger partial charge is 0.327 e. The van der Waals surface area contributed by atoms with Gasteiger partial charge in [0.25, 0.3) is 0 Å². The maximum atomic E-state index is 13.8. The van der Waals surface area contributed by atoms with Crippen LogP contribution in [0, 0.1) is 0 Å². The molecule has 0 unspecified atom stereocenters. The molecule has 4 aromatic rings. The molecule has 0 radical (unpaired) electrons. The largest absolute Gasteiger partial charge is 0.444 e. The van der Waals surface area contributed by atoms with E-state index in [1.165, 1.54) is 12.8 Å². The van der Waals surface area contributed by atoms with E-state index < -0.39 is 0 Å². The predicted molar refractivity (Wildman–Crippen MR) is 149 cm³/mol. The van der Waals surface area contributed by atoms with Crippen molar-refractivity contribution in [1.82, 2.24) is 9.97 Å². The molecule has 37 heavy (non-hydrogen) atoms. The highest BCUT2D eigenvalue weighted by Crippen LogP contribution is 2.33. The summed E-state index contributed by atoms with van der Waals surface area (Å²) in [5.74, 6) is 1.13. The quantitative estimate of drug-likeness (QED) is 0.319. The number of anilines is 4. The lowest BCUT2D eigenvalue weighted by Crippen LogP contribution is -2.45. The zero-order valence-electron chi connectivity index (χ0n) is 21.2. The Bertz CT molecular complexity index is 1360. The number of nitrogens with one attached hydrogen (secondary N) is 1. The SMILES string of the molecule is CN(C)c1cccc(-c2ccc(N)c(N(C(=O)Nc3cccc(-c4cnco4)c3)C3CCCCC3)n2)c1. The van der Waals surface area contributed by atoms with E-state index in [-0.39, 0.29) is 12.1 Å². The van der Waals surface area contributed by atoms with Crippen LogP contribution in [0.1, 0.15) is 32.1 Å². The van der Waals surface area contributed by atoms with Crippen molar-refractivity contribution in [3.8, 4) is 22.6 Å². The van der Waals surface area contributed by atoms with Gasteiger partial charge in [-0.05, 0) is 49.2 Å².